The van der Waals surface area contributed by atoms with E-state index in [9.17, 15) is 9.59 Å². The van der Waals surface area contributed by atoms with E-state index in [0.717, 1.165) is 5.56 Å². The maximum absolute atomic E-state index is 11.1. The zero-order chi connectivity index (χ0) is 11.7. The van der Waals surface area contributed by atoms with Crippen LogP contribution in [0.3, 0.4) is 0 Å². The van der Waals surface area contributed by atoms with Gasteiger partial charge >= 0.3 is 5.97 Å². The topological polar surface area (TPSA) is 66.4 Å². The van der Waals surface area contributed by atoms with E-state index in [4.69, 9.17) is 5.11 Å². The first kappa shape index (κ1) is 10.7. The third-order valence-corrected chi connectivity index (χ3v) is 2.92. The van der Waals surface area contributed by atoms with Gasteiger partial charge in [0.2, 0.25) is 5.91 Å². The van der Waals surface area contributed by atoms with Crippen LogP contribution in [0.15, 0.2) is 24.3 Å². The second-order valence-corrected chi connectivity index (χ2v) is 4.03. The number of hydrogen-bond donors (Lipinski definition) is 2. The van der Waals surface area contributed by atoms with Crippen LogP contribution in [0.4, 0.5) is 0 Å². The van der Waals surface area contributed by atoms with Gasteiger partial charge < -0.3 is 10.4 Å². The molecule has 2 rings (SSSR count). The van der Waals surface area contributed by atoms with Gasteiger partial charge in [0.25, 0.3) is 0 Å². The first-order valence-electron chi connectivity index (χ1n) is 5.17. The van der Waals surface area contributed by atoms with Crippen molar-refractivity contribution in [2.24, 2.45) is 0 Å². The summed E-state index contributed by atoms with van der Waals surface area (Å²) in [5.41, 5.74) is 2.20. The molecule has 0 heterocycles. The van der Waals surface area contributed by atoms with Gasteiger partial charge in [-0.2, -0.15) is 0 Å². The highest BCUT2D eigenvalue weighted by Crippen LogP contribution is 2.37. The van der Waals surface area contributed by atoms with E-state index in [2.05, 4.69) is 5.32 Å². The molecule has 2 N–H and O–H groups in total. The number of benzene rings is 1. The van der Waals surface area contributed by atoms with Crippen LogP contribution in [-0.2, 0) is 16.0 Å². The molecule has 0 saturated carbocycles. The lowest BCUT2D eigenvalue weighted by Crippen LogP contribution is -2.47. The number of carboxylic acid groups (broad SMARTS) is 1. The molecule has 0 saturated heterocycles. The average molecular weight is 219 g/mol. The van der Waals surface area contributed by atoms with Crippen molar-refractivity contribution in [3.63, 3.8) is 0 Å². The predicted molar refractivity (Wildman–Crippen MR) is 58.1 cm³/mol. The van der Waals surface area contributed by atoms with Gasteiger partial charge in [0.15, 0.2) is 0 Å². The first-order chi connectivity index (χ1) is 7.59. The quantitative estimate of drug-likeness (QED) is 0.794. The highest BCUT2D eigenvalue weighted by molar-refractivity contribution is 5.83. The summed E-state index contributed by atoms with van der Waals surface area (Å²) in [6.07, 6.45) is 0.716. The molecule has 1 aliphatic rings. The maximum Gasteiger partial charge on any atom is 0.326 e. The highest BCUT2D eigenvalue weighted by atomic mass is 16.4. The van der Waals surface area contributed by atoms with Gasteiger partial charge in [0.1, 0.15) is 6.04 Å². The lowest BCUT2D eigenvalue weighted by atomic mass is 9.73. The van der Waals surface area contributed by atoms with Crippen molar-refractivity contribution in [1.29, 1.82) is 0 Å². The molecule has 0 spiro atoms. The summed E-state index contributed by atoms with van der Waals surface area (Å²) in [7, 11) is 0. The fraction of sp³-hybridized carbons (Fsp3) is 0.333. The number of carbonyl (C=O) groups is 2. The summed E-state index contributed by atoms with van der Waals surface area (Å²) in [6, 6.07) is 6.91. The van der Waals surface area contributed by atoms with Crippen LogP contribution in [0.1, 0.15) is 24.0 Å². The molecule has 16 heavy (non-hydrogen) atoms. The van der Waals surface area contributed by atoms with E-state index in [0.29, 0.717) is 6.42 Å². The molecule has 4 heteroatoms. The van der Waals surface area contributed by atoms with Crippen molar-refractivity contribution in [3.05, 3.63) is 35.4 Å². The summed E-state index contributed by atoms with van der Waals surface area (Å²) < 4.78 is 0. The van der Waals surface area contributed by atoms with Crippen LogP contribution in [-0.4, -0.2) is 23.0 Å². The molecule has 4 nitrogen and oxygen atoms in total. The smallest absolute Gasteiger partial charge is 0.326 e. The number of carboxylic acids is 1. The SMILES string of the molecule is CC(=O)N[C@H](C(=O)O)[C@@H]1Cc2ccccc21. The van der Waals surface area contributed by atoms with Crippen molar-refractivity contribution in [3.8, 4) is 0 Å². The standard InChI is InChI=1S/C12H13NO3/c1-7(14)13-11(12(15)16)10-6-8-4-2-3-5-9(8)10/h2-5,10-11H,6H2,1H3,(H,13,14)(H,15,16)/t10-,11+/m1/s1. The molecule has 0 radical (unpaired) electrons. The van der Waals surface area contributed by atoms with E-state index >= 15 is 0 Å². The van der Waals surface area contributed by atoms with Crippen molar-refractivity contribution >= 4 is 11.9 Å². The fourth-order valence-corrected chi connectivity index (χ4v) is 2.15. The van der Waals surface area contributed by atoms with Gasteiger partial charge in [0.05, 0.1) is 0 Å². The average Bonchev–Trinajstić information content (AvgIpc) is 2.17. The third-order valence-electron chi connectivity index (χ3n) is 2.92. The van der Waals surface area contributed by atoms with E-state index in [-0.39, 0.29) is 11.8 Å². The highest BCUT2D eigenvalue weighted by Gasteiger charge is 2.37. The van der Waals surface area contributed by atoms with Crippen LogP contribution in [0.5, 0.6) is 0 Å². The molecule has 2 atom stereocenters. The van der Waals surface area contributed by atoms with Gasteiger partial charge in [-0.25, -0.2) is 4.79 Å². The summed E-state index contributed by atoms with van der Waals surface area (Å²) in [5, 5.41) is 11.6. The van der Waals surface area contributed by atoms with Gasteiger partial charge in [-0.1, -0.05) is 24.3 Å². The number of nitrogens with one attached hydrogen (secondary N) is 1. The monoisotopic (exact) mass is 219 g/mol. The number of amides is 1. The Morgan fingerprint density at radius 3 is 2.69 bits per heavy atom. The predicted octanol–water partition coefficient (Wildman–Crippen LogP) is 0.916. The molecular weight excluding hydrogens is 206 g/mol. The number of fused-ring (bicyclic) bond motifs is 1. The van der Waals surface area contributed by atoms with Crippen molar-refractivity contribution in [2.45, 2.75) is 25.3 Å². The molecule has 0 fully saturated rings. The van der Waals surface area contributed by atoms with E-state index in [1.165, 1.54) is 12.5 Å². The Hall–Kier alpha value is -1.84. The second-order valence-electron chi connectivity index (χ2n) is 4.03. The van der Waals surface area contributed by atoms with Gasteiger partial charge in [-0.05, 0) is 17.5 Å². The van der Waals surface area contributed by atoms with Crippen LogP contribution < -0.4 is 5.32 Å². The van der Waals surface area contributed by atoms with Gasteiger partial charge in [-0.15, -0.1) is 0 Å². The molecule has 1 amide bonds. The summed E-state index contributed by atoms with van der Waals surface area (Å²) >= 11 is 0. The number of hydrogen-bond acceptors (Lipinski definition) is 2. The number of carbonyl (C=O) groups excluding carboxylic acids is 1. The van der Waals surface area contributed by atoms with Crippen molar-refractivity contribution in [2.75, 3.05) is 0 Å². The van der Waals surface area contributed by atoms with Crippen LogP contribution >= 0.6 is 0 Å². The van der Waals surface area contributed by atoms with Crippen LogP contribution in [0, 0.1) is 0 Å². The van der Waals surface area contributed by atoms with Crippen LogP contribution in [0.2, 0.25) is 0 Å². The normalized spacial score (nSPS) is 19.2. The fourth-order valence-electron chi connectivity index (χ4n) is 2.15. The van der Waals surface area contributed by atoms with Crippen molar-refractivity contribution < 1.29 is 14.7 Å². The number of rotatable bonds is 3. The largest absolute Gasteiger partial charge is 0.480 e. The van der Waals surface area contributed by atoms with Crippen LogP contribution in [0.25, 0.3) is 0 Å². The molecule has 0 aromatic heterocycles. The Morgan fingerprint density at radius 1 is 1.44 bits per heavy atom. The lowest BCUT2D eigenvalue weighted by molar-refractivity contribution is -0.142. The molecule has 84 valence electrons. The Morgan fingerprint density at radius 2 is 2.12 bits per heavy atom. The summed E-state index contributed by atoms with van der Waals surface area (Å²) in [4.78, 5) is 22.0. The van der Waals surface area contributed by atoms with Gasteiger partial charge in [-0.3, -0.25) is 4.79 Å². The zero-order valence-corrected chi connectivity index (χ0v) is 8.93. The van der Waals surface area contributed by atoms with Gasteiger partial charge in [0, 0.05) is 12.8 Å². The minimum atomic E-state index is -0.977. The molecule has 1 aliphatic carbocycles. The van der Waals surface area contributed by atoms with E-state index in [1.807, 2.05) is 24.3 Å². The second kappa shape index (κ2) is 3.96. The van der Waals surface area contributed by atoms with E-state index < -0.39 is 12.0 Å². The molecule has 0 bridgehead atoms. The summed E-state index contributed by atoms with van der Waals surface area (Å²) in [6.45, 7) is 1.33. The third kappa shape index (κ3) is 1.78. The van der Waals surface area contributed by atoms with E-state index in [1.54, 1.807) is 0 Å². The minimum Gasteiger partial charge on any atom is -0.480 e. The Balaban J connectivity index is 2.19. The first-order valence-corrected chi connectivity index (χ1v) is 5.17. The number of aliphatic carboxylic acids is 1. The zero-order valence-electron chi connectivity index (χ0n) is 8.93. The molecule has 1 aromatic carbocycles. The maximum atomic E-state index is 11.1. The Labute approximate surface area is 93.3 Å². The lowest BCUT2D eigenvalue weighted by Gasteiger charge is -2.34. The molecule has 0 unspecified atom stereocenters. The minimum absolute atomic E-state index is 0.0994. The summed E-state index contributed by atoms with van der Waals surface area (Å²) in [5.74, 6) is -1.39. The molecule has 0 aliphatic heterocycles. The molecular formula is C12H13NO3. The van der Waals surface area contributed by atoms with Crippen molar-refractivity contribution in [1.82, 2.24) is 5.32 Å². The Bertz CT molecular complexity index is 442. The molecule has 1 aromatic rings. The Kier molecular flexibility index (Phi) is 2.64.